The summed E-state index contributed by atoms with van der Waals surface area (Å²) >= 11 is 0. The zero-order chi connectivity index (χ0) is 19.6. The highest BCUT2D eigenvalue weighted by atomic mass is 16.5. The van der Waals surface area contributed by atoms with Crippen LogP contribution in [0.3, 0.4) is 0 Å². The fourth-order valence-electron chi connectivity index (χ4n) is 3.18. The molecule has 6 nitrogen and oxygen atoms in total. The highest BCUT2D eigenvalue weighted by molar-refractivity contribution is 5.79. The molecule has 0 bridgehead atoms. The number of benzene rings is 1. The Balaban J connectivity index is 1.94. The first-order valence-electron chi connectivity index (χ1n) is 10.0. The number of para-hydroxylation sites is 1. The molecule has 1 fully saturated rings. The second kappa shape index (κ2) is 11.0. The van der Waals surface area contributed by atoms with Crippen LogP contribution in [-0.4, -0.2) is 57.3 Å². The van der Waals surface area contributed by atoms with Gasteiger partial charge < -0.3 is 25.0 Å². The molecule has 6 heteroatoms. The molecule has 0 aliphatic heterocycles. The number of hydrogen-bond donors (Lipinski definition) is 2. The van der Waals surface area contributed by atoms with Crippen molar-refractivity contribution in [3.63, 3.8) is 0 Å². The summed E-state index contributed by atoms with van der Waals surface area (Å²) in [6, 6.07) is 6.58. The first-order chi connectivity index (χ1) is 13.0. The van der Waals surface area contributed by atoms with Gasteiger partial charge in [0.2, 0.25) is 0 Å². The van der Waals surface area contributed by atoms with Crippen LogP contribution in [0.25, 0.3) is 0 Å². The Bertz CT molecular complexity index is 598. The molecule has 1 aromatic rings. The Morgan fingerprint density at radius 1 is 1.26 bits per heavy atom. The third-order valence-corrected chi connectivity index (χ3v) is 5.18. The molecule has 0 saturated heterocycles. The molecular formula is C21H36N4O2. The van der Waals surface area contributed by atoms with Gasteiger partial charge in [0.25, 0.3) is 0 Å². The summed E-state index contributed by atoms with van der Waals surface area (Å²) in [5, 5.41) is 6.76. The predicted octanol–water partition coefficient (Wildman–Crippen LogP) is 3.02. The van der Waals surface area contributed by atoms with E-state index in [4.69, 9.17) is 9.47 Å². The topological polar surface area (TPSA) is 58.1 Å². The van der Waals surface area contributed by atoms with Gasteiger partial charge in [0.05, 0.1) is 13.2 Å². The third kappa shape index (κ3) is 6.61. The normalized spacial score (nSPS) is 15.4. The Kier molecular flexibility index (Phi) is 8.72. The molecule has 0 spiro atoms. The summed E-state index contributed by atoms with van der Waals surface area (Å²) in [6.45, 7) is 6.84. The van der Waals surface area contributed by atoms with Crippen LogP contribution >= 0.6 is 0 Å². The maximum Gasteiger partial charge on any atom is 0.191 e. The molecule has 27 heavy (non-hydrogen) atoms. The highest BCUT2D eigenvalue weighted by Crippen LogP contribution is 2.34. The molecule has 1 saturated carbocycles. The van der Waals surface area contributed by atoms with Gasteiger partial charge in [-0.15, -0.1) is 0 Å². The van der Waals surface area contributed by atoms with Crippen molar-refractivity contribution in [1.82, 2.24) is 15.5 Å². The van der Waals surface area contributed by atoms with Gasteiger partial charge in [0.1, 0.15) is 0 Å². The number of nitrogens with zero attached hydrogens (tertiary/aromatic N) is 2. The molecule has 1 aromatic carbocycles. The van der Waals surface area contributed by atoms with Crippen LogP contribution < -0.4 is 20.1 Å². The van der Waals surface area contributed by atoms with Crippen molar-refractivity contribution in [3.8, 4) is 11.5 Å². The predicted molar refractivity (Wildman–Crippen MR) is 112 cm³/mol. The Labute approximate surface area is 164 Å². The molecule has 0 atom stereocenters. The van der Waals surface area contributed by atoms with E-state index in [1.54, 1.807) is 14.2 Å². The van der Waals surface area contributed by atoms with Crippen molar-refractivity contribution in [2.24, 2.45) is 4.99 Å². The Morgan fingerprint density at radius 3 is 2.63 bits per heavy atom. The van der Waals surface area contributed by atoms with Gasteiger partial charge in [-0.1, -0.05) is 12.1 Å². The van der Waals surface area contributed by atoms with Crippen LogP contribution in [0.15, 0.2) is 23.2 Å². The lowest BCUT2D eigenvalue weighted by molar-refractivity contribution is 0.198. The van der Waals surface area contributed by atoms with Crippen molar-refractivity contribution in [2.45, 2.75) is 58.2 Å². The third-order valence-electron chi connectivity index (χ3n) is 5.18. The van der Waals surface area contributed by atoms with E-state index < -0.39 is 0 Å². The van der Waals surface area contributed by atoms with Crippen LogP contribution in [-0.2, 0) is 6.54 Å². The van der Waals surface area contributed by atoms with Crippen LogP contribution in [0.5, 0.6) is 11.5 Å². The summed E-state index contributed by atoms with van der Waals surface area (Å²) in [7, 11) is 5.62. The zero-order valence-electron chi connectivity index (χ0n) is 17.5. The minimum atomic E-state index is 0.295. The molecule has 0 amide bonds. The minimum Gasteiger partial charge on any atom is -0.493 e. The number of hydrogen-bond acceptors (Lipinski definition) is 4. The van der Waals surface area contributed by atoms with E-state index in [0.29, 0.717) is 18.7 Å². The summed E-state index contributed by atoms with van der Waals surface area (Å²) in [5.74, 6) is 2.44. The molecule has 2 rings (SSSR count). The maximum atomic E-state index is 6.30. The Morgan fingerprint density at radius 2 is 2.00 bits per heavy atom. The van der Waals surface area contributed by atoms with E-state index in [0.717, 1.165) is 49.0 Å². The van der Waals surface area contributed by atoms with Gasteiger partial charge in [0, 0.05) is 38.3 Å². The smallest absolute Gasteiger partial charge is 0.191 e. The van der Waals surface area contributed by atoms with E-state index >= 15 is 0 Å². The van der Waals surface area contributed by atoms with E-state index in [1.165, 1.54) is 12.8 Å². The van der Waals surface area contributed by atoms with Crippen molar-refractivity contribution in [1.29, 1.82) is 0 Å². The average molecular weight is 377 g/mol. The fourth-order valence-corrected chi connectivity index (χ4v) is 3.18. The van der Waals surface area contributed by atoms with E-state index in [2.05, 4.69) is 47.5 Å². The number of aliphatic imine (C=N–C) groups is 1. The standard InChI is InChI=1S/C21H36N4O2/c1-16(2)25(4)14-13-23-21(22-3)24-15-17-9-8-12-19(26-5)20(17)27-18-10-6-7-11-18/h8-9,12,16,18H,6-7,10-11,13-15H2,1-5H3,(H2,22,23,24). The maximum absolute atomic E-state index is 6.30. The number of likely N-dealkylation sites (N-methyl/N-ethyl adjacent to an activating group) is 1. The van der Waals surface area contributed by atoms with Crippen LogP contribution in [0.4, 0.5) is 0 Å². The summed E-state index contributed by atoms with van der Waals surface area (Å²) in [4.78, 5) is 6.63. The van der Waals surface area contributed by atoms with Crippen molar-refractivity contribution < 1.29 is 9.47 Å². The van der Waals surface area contributed by atoms with Crippen molar-refractivity contribution in [3.05, 3.63) is 23.8 Å². The van der Waals surface area contributed by atoms with Gasteiger partial charge in [-0.25, -0.2) is 0 Å². The quantitative estimate of drug-likeness (QED) is 0.512. The number of nitrogens with one attached hydrogen (secondary N) is 2. The lowest BCUT2D eigenvalue weighted by atomic mass is 10.1. The molecule has 0 radical (unpaired) electrons. The largest absolute Gasteiger partial charge is 0.493 e. The average Bonchev–Trinajstić information content (AvgIpc) is 3.18. The number of ether oxygens (including phenoxy) is 2. The molecule has 2 N–H and O–H groups in total. The van der Waals surface area contributed by atoms with Gasteiger partial charge in [-0.05, 0) is 52.6 Å². The number of methoxy groups -OCH3 is 1. The molecule has 0 unspecified atom stereocenters. The second-order valence-electron chi connectivity index (χ2n) is 7.40. The first-order valence-corrected chi connectivity index (χ1v) is 10.0. The monoisotopic (exact) mass is 376 g/mol. The molecule has 1 aliphatic carbocycles. The highest BCUT2D eigenvalue weighted by Gasteiger charge is 2.20. The molecule has 1 aliphatic rings. The Hall–Kier alpha value is -1.95. The zero-order valence-corrected chi connectivity index (χ0v) is 17.5. The van der Waals surface area contributed by atoms with Crippen LogP contribution in [0, 0.1) is 0 Å². The van der Waals surface area contributed by atoms with Gasteiger partial charge in [0.15, 0.2) is 17.5 Å². The van der Waals surface area contributed by atoms with E-state index in [-0.39, 0.29) is 0 Å². The van der Waals surface area contributed by atoms with Crippen LogP contribution in [0.1, 0.15) is 45.1 Å². The number of guanidine groups is 1. The SMILES string of the molecule is CN=C(NCCN(C)C(C)C)NCc1cccc(OC)c1OC1CCCC1. The van der Waals surface area contributed by atoms with E-state index in [1.807, 2.05) is 12.1 Å². The first kappa shape index (κ1) is 21.4. The van der Waals surface area contributed by atoms with Gasteiger partial charge >= 0.3 is 0 Å². The number of rotatable bonds is 9. The summed E-state index contributed by atoms with van der Waals surface area (Å²) in [5.41, 5.74) is 1.09. The molecule has 0 heterocycles. The van der Waals surface area contributed by atoms with E-state index in [9.17, 15) is 0 Å². The lowest BCUT2D eigenvalue weighted by Crippen LogP contribution is -2.41. The van der Waals surface area contributed by atoms with Crippen molar-refractivity contribution >= 4 is 5.96 Å². The molecule has 152 valence electrons. The molecule has 0 aromatic heterocycles. The van der Waals surface area contributed by atoms with Crippen LogP contribution in [0.2, 0.25) is 0 Å². The van der Waals surface area contributed by atoms with Crippen molar-refractivity contribution in [2.75, 3.05) is 34.3 Å². The summed E-state index contributed by atoms with van der Waals surface area (Å²) in [6.07, 6.45) is 5.03. The second-order valence-corrected chi connectivity index (χ2v) is 7.40. The fraction of sp³-hybridized carbons (Fsp3) is 0.667. The summed E-state index contributed by atoms with van der Waals surface area (Å²) < 4.78 is 11.8. The van der Waals surface area contributed by atoms with Gasteiger partial charge in [-0.2, -0.15) is 0 Å². The molecular weight excluding hydrogens is 340 g/mol. The minimum absolute atomic E-state index is 0.295. The lowest BCUT2D eigenvalue weighted by Gasteiger charge is -2.22. The van der Waals surface area contributed by atoms with Gasteiger partial charge in [-0.3, -0.25) is 4.99 Å².